The minimum Gasteiger partial charge on any atom is -0.493 e. The van der Waals surface area contributed by atoms with Crippen LogP contribution >= 0.6 is 0 Å². The average molecular weight is 487 g/mol. The Hall–Kier alpha value is -4.04. The molecule has 2 amide bonds. The van der Waals surface area contributed by atoms with Crippen molar-refractivity contribution in [2.45, 2.75) is 13.0 Å². The molecule has 8 nitrogen and oxygen atoms in total. The molecule has 0 radical (unpaired) electrons. The van der Waals surface area contributed by atoms with Crippen LogP contribution in [0.2, 0.25) is 0 Å². The zero-order valence-electron chi connectivity index (χ0n) is 21.2. The van der Waals surface area contributed by atoms with E-state index in [9.17, 15) is 9.59 Å². The van der Waals surface area contributed by atoms with Gasteiger partial charge in [-0.15, -0.1) is 0 Å². The lowest BCUT2D eigenvalue weighted by molar-refractivity contribution is -0.122. The van der Waals surface area contributed by atoms with E-state index in [0.717, 1.165) is 46.9 Å². The minimum absolute atomic E-state index is 0.375. The van der Waals surface area contributed by atoms with Gasteiger partial charge in [0.1, 0.15) is 0 Å². The molecule has 3 heterocycles. The van der Waals surface area contributed by atoms with Crippen LogP contribution in [0.5, 0.6) is 11.5 Å². The number of hydrogen-bond donors (Lipinski definition) is 1. The number of hydrogen-bond acceptors (Lipinski definition) is 5. The third-order valence-corrected chi connectivity index (χ3v) is 6.76. The number of carbonyl (C=O) groups excluding carboxylic acids is 2. The maximum Gasteiger partial charge on any atom is 0.259 e. The average Bonchev–Trinajstić information content (AvgIpc) is 3.48. The van der Waals surface area contributed by atoms with Crippen LogP contribution in [0.25, 0.3) is 33.0 Å². The second kappa shape index (κ2) is 9.20. The predicted octanol–water partition coefficient (Wildman–Crippen LogP) is 3.67. The van der Waals surface area contributed by atoms with Gasteiger partial charge in [0, 0.05) is 59.5 Å². The number of benzene rings is 2. The number of aryl methyl sites for hydroxylation is 2. The Kier molecular flexibility index (Phi) is 6.05. The van der Waals surface area contributed by atoms with Gasteiger partial charge < -0.3 is 23.5 Å². The van der Waals surface area contributed by atoms with Crippen LogP contribution < -0.4 is 14.8 Å². The van der Waals surface area contributed by atoms with Crippen molar-refractivity contribution >= 4 is 44.8 Å². The number of fused-ring (bicyclic) bond motifs is 2. The standard InChI is InChI=1S/C28H30N4O4/c1-30(2)11-8-12-32-16-20(18-13-23(35-4)24(36-5)14-22(18)32)26-25(27(33)29-28(26)34)19-15-31(3)21-10-7-6-9-17(19)21/h6-7,9-10,13-16H,8,11-12H2,1-5H3,(H,29,33,34). The first-order valence-electron chi connectivity index (χ1n) is 11.9. The maximum absolute atomic E-state index is 13.3. The molecule has 0 saturated carbocycles. The molecule has 0 aliphatic carbocycles. The fourth-order valence-electron chi connectivity index (χ4n) is 5.07. The van der Waals surface area contributed by atoms with Gasteiger partial charge in [0.25, 0.3) is 11.8 Å². The molecule has 1 aliphatic heterocycles. The van der Waals surface area contributed by atoms with Gasteiger partial charge in [-0.3, -0.25) is 14.9 Å². The van der Waals surface area contributed by atoms with Crippen LogP contribution in [0, 0.1) is 0 Å². The Morgan fingerprint density at radius 1 is 0.861 bits per heavy atom. The highest BCUT2D eigenvalue weighted by molar-refractivity contribution is 6.50. The highest BCUT2D eigenvalue weighted by Crippen LogP contribution is 2.41. The molecule has 2 aromatic heterocycles. The quantitative estimate of drug-likeness (QED) is 0.385. The molecule has 36 heavy (non-hydrogen) atoms. The summed E-state index contributed by atoms with van der Waals surface area (Å²) in [6.07, 6.45) is 4.81. The number of amides is 2. The van der Waals surface area contributed by atoms with E-state index in [4.69, 9.17) is 9.47 Å². The van der Waals surface area contributed by atoms with E-state index in [1.807, 2.05) is 74.5 Å². The lowest BCUT2D eigenvalue weighted by Crippen LogP contribution is -2.22. The van der Waals surface area contributed by atoms with E-state index < -0.39 is 5.91 Å². The zero-order valence-corrected chi connectivity index (χ0v) is 21.2. The lowest BCUT2D eigenvalue weighted by atomic mass is 9.95. The lowest BCUT2D eigenvalue weighted by Gasteiger charge is -2.12. The number of aromatic nitrogens is 2. The molecule has 1 aliphatic rings. The van der Waals surface area contributed by atoms with Gasteiger partial charge in [-0.2, -0.15) is 0 Å². The number of nitrogens with one attached hydrogen (secondary N) is 1. The summed E-state index contributed by atoms with van der Waals surface area (Å²) >= 11 is 0. The summed E-state index contributed by atoms with van der Waals surface area (Å²) in [5.41, 5.74) is 4.10. The Labute approximate surface area is 209 Å². The maximum atomic E-state index is 13.3. The first-order valence-corrected chi connectivity index (χ1v) is 11.9. The topological polar surface area (TPSA) is 77.7 Å². The summed E-state index contributed by atoms with van der Waals surface area (Å²) in [6.45, 7) is 1.67. The fraction of sp³-hybridized carbons (Fsp3) is 0.286. The summed E-state index contributed by atoms with van der Waals surface area (Å²) in [6, 6.07) is 11.7. The van der Waals surface area contributed by atoms with Gasteiger partial charge >= 0.3 is 0 Å². The van der Waals surface area contributed by atoms with Gasteiger partial charge in [-0.05, 0) is 39.2 Å². The molecule has 0 saturated heterocycles. The van der Waals surface area contributed by atoms with Crippen LogP contribution in [-0.2, 0) is 23.2 Å². The first-order chi connectivity index (χ1) is 17.3. The van der Waals surface area contributed by atoms with Crippen molar-refractivity contribution < 1.29 is 19.1 Å². The van der Waals surface area contributed by atoms with Crippen molar-refractivity contribution in [3.8, 4) is 11.5 Å². The molecule has 4 aromatic rings. The van der Waals surface area contributed by atoms with Crippen molar-refractivity contribution in [1.29, 1.82) is 0 Å². The van der Waals surface area contributed by atoms with E-state index in [1.54, 1.807) is 14.2 Å². The molecule has 0 spiro atoms. The van der Waals surface area contributed by atoms with Crippen LogP contribution in [0.15, 0.2) is 48.8 Å². The number of imide groups is 1. The van der Waals surface area contributed by atoms with Crippen molar-refractivity contribution in [1.82, 2.24) is 19.4 Å². The highest BCUT2D eigenvalue weighted by atomic mass is 16.5. The summed E-state index contributed by atoms with van der Waals surface area (Å²) in [5, 5.41) is 4.29. The minimum atomic E-state index is -0.398. The third-order valence-electron chi connectivity index (χ3n) is 6.76. The van der Waals surface area contributed by atoms with Gasteiger partial charge in [0.05, 0.1) is 30.9 Å². The summed E-state index contributed by atoms with van der Waals surface area (Å²) in [4.78, 5) is 28.6. The molecular formula is C28H30N4O4. The molecule has 0 fully saturated rings. The van der Waals surface area contributed by atoms with Gasteiger partial charge in [-0.1, -0.05) is 18.2 Å². The highest BCUT2D eigenvalue weighted by Gasteiger charge is 2.35. The number of para-hydroxylation sites is 1. The molecule has 1 N–H and O–H groups in total. The predicted molar refractivity (Wildman–Crippen MR) is 141 cm³/mol. The SMILES string of the molecule is COc1cc2c(C3=C(c4cn(C)c5ccccc45)C(=O)NC3=O)cn(CCCN(C)C)c2cc1OC. The molecule has 0 atom stereocenters. The smallest absolute Gasteiger partial charge is 0.259 e. The number of carbonyl (C=O) groups is 2. The monoisotopic (exact) mass is 486 g/mol. The second-order valence-corrected chi connectivity index (χ2v) is 9.32. The summed E-state index contributed by atoms with van der Waals surface area (Å²) in [5.74, 6) is 0.387. The van der Waals surface area contributed by atoms with Crippen LogP contribution in [-0.4, -0.2) is 60.7 Å². The van der Waals surface area contributed by atoms with Crippen LogP contribution in [0.1, 0.15) is 17.5 Å². The number of ether oxygens (including phenoxy) is 2. The third kappa shape index (κ3) is 3.83. The van der Waals surface area contributed by atoms with Gasteiger partial charge in [0.15, 0.2) is 11.5 Å². The normalized spacial score (nSPS) is 13.9. The Bertz CT molecular complexity index is 1540. The van der Waals surface area contributed by atoms with Crippen molar-refractivity contribution in [3.63, 3.8) is 0 Å². The molecule has 8 heteroatoms. The fourth-order valence-corrected chi connectivity index (χ4v) is 5.07. The van der Waals surface area contributed by atoms with Crippen molar-refractivity contribution in [2.75, 3.05) is 34.9 Å². The van der Waals surface area contributed by atoms with Crippen LogP contribution in [0.4, 0.5) is 0 Å². The second-order valence-electron chi connectivity index (χ2n) is 9.32. The molecule has 186 valence electrons. The number of methoxy groups -OCH3 is 2. The van der Waals surface area contributed by atoms with Crippen molar-refractivity contribution in [2.24, 2.45) is 7.05 Å². The molecular weight excluding hydrogens is 456 g/mol. The Morgan fingerprint density at radius 2 is 1.50 bits per heavy atom. The molecule has 5 rings (SSSR count). The van der Waals surface area contributed by atoms with Gasteiger partial charge in [0.2, 0.25) is 0 Å². The van der Waals surface area contributed by atoms with E-state index in [-0.39, 0.29) is 5.91 Å². The van der Waals surface area contributed by atoms with E-state index in [0.29, 0.717) is 28.2 Å². The molecule has 0 unspecified atom stereocenters. The molecule has 2 aromatic carbocycles. The Morgan fingerprint density at radius 3 is 2.17 bits per heavy atom. The summed E-state index contributed by atoms with van der Waals surface area (Å²) < 4.78 is 15.2. The summed E-state index contributed by atoms with van der Waals surface area (Å²) in [7, 11) is 9.22. The van der Waals surface area contributed by atoms with E-state index in [1.165, 1.54) is 0 Å². The zero-order chi connectivity index (χ0) is 25.6. The largest absolute Gasteiger partial charge is 0.493 e. The van der Waals surface area contributed by atoms with E-state index in [2.05, 4.69) is 14.8 Å². The van der Waals surface area contributed by atoms with E-state index >= 15 is 0 Å². The van der Waals surface area contributed by atoms with Gasteiger partial charge in [-0.25, -0.2) is 0 Å². The first kappa shape index (κ1) is 23.7. The number of nitrogens with zero attached hydrogens (tertiary/aromatic N) is 3. The van der Waals surface area contributed by atoms with Crippen molar-refractivity contribution in [3.05, 3.63) is 59.9 Å². The Balaban J connectivity index is 1.78. The van der Waals surface area contributed by atoms with Crippen LogP contribution in [0.3, 0.4) is 0 Å². The number of rotatable bonds is 8. The molecule has 0 bridgehead atoms.